The quantitative estimate of drug-likeness (QED) is 0.780. The number of hydrogen-bond acceptors (Lipinski definition) is 2. The van der Waals surface area contributed by atoms with Crippen LogP contribution in [-0.4, -0.2) is 30.6 Å². The molecule has 0 aromatic carbocycles. The number of aliphatic hydroxyl groups excluding tert-OH is 1. The lowest BCUT2D eigenvalue weighted by molar-refractivity contribution is -0.136. The van der Waals surface area contributed by atoms with E-state index in [9.17, 15) is 18.3 Å². The van der Waals surface area contributed by atoms with Crippen LogP contribution in [0.4, 0.5) is 13.2 Å². The van der Waals surface area contributed by atoms with E-state index in [2.05, 4.69) is 0 Å². The minimum atomic E-state index is -4.10. The molecule has 0 aromatic heterocycles. The number of hydrogen-bond donors (Lipinski definition) is 1. The molecule has 0 radical (unpaired) electrons. The van der Waals surface area contributed by atoms with Crippen molar-refractivity contribution in [2.75, 3.05) is 13.2 Å². The van der Waals surface area contributed by atoms with E-state index in [0.717, 1.165) is 6.42 Å². The number of rotatable bonds is 5. The zero-order chi connectivity index (χ0) is 11.3. The average molecular weight is 226 g/mol. The Bertz CT molecular complexity index is 176. The van der Waals surface area contributed by atoms with Crippen LogP contribution in [0, 0.1) is 5.92 Å². The van der Waals surface area contributed by atoms with Crippen LogP contribution in [0.25, 0.3) is 0 Å². The molecule has 0 aliphatic carbocycles. The van der Waals surface area contributed by atoms with E-state index >= 15 is 0 Å². The van der Waals surface area contributed by atoms with Gasteiger partial charge in [-0.15, -0.1) is 0 Å². The van der Waals surface area contributed by atoms with Crippen LogP contribution in [0.5, 0.6) is 0 Å². The lowest BCUT2D eigenvalue weighted by atomic mass is 9.98. The van der Waals surface area contributed by atoms with E-state index in [4.69, 9.17) is 4.74 Å². The third-order valence-electron chi connectivity index (χ3n) is 2.63. The molecule has 1 saturated heterocycles. The summed E-state index contributed by atoms with van der Waals surface area (Å²) in [6.07, 6.45) is -3.79. The van der Waals surface area contributed by atoms with Gasteiger partial charge in [0.05, 0.1) is 6.10 Å². The highest BCUT2D eigenvalue weighted by molar-refractivity contribution is 4.69. The van der Waals surface area contributed by atoms with Gasteiger partial charge in [0.15, 0.2) is 0 Å². The molecule has 0 spiro atoms. The molecule has 1 fully saturated rings. The number of alkyl halides is 3. The van der Waals surface area contributed by atoms with Gasteiger partial charge in [0, 0.05) is 19.6 Å². The fraction of sp³-hybridized carbons (Fsp3) is 1.00. The molecule has 0 aromatic rings. The molecule has 1 heterocycles. The molecule has 0 bridgehead atoms. The van der Waals surface area contributed by atoms with Crippen molar-refractivity contribution in [2.24, 2.45) is 5.92 Å². The molecule has 1 N–H and O–H groups in total. The fourth-order valence-electron chi connectivity index (χ4n) is 1.81. The van der Waals surface area contributed by atoms with Crippen molar-refractivity contribution in [3.8, 4) is 0 Å². The van der Waals surface area contributed by atoms with Crippen LogP contribution in [-0.2, 0) is 4.74 Å². The highest BCUT2D eigenvalue weighted by Gasteiger charge is 2.27. The van der Waals surface area contributed by atoms with Crippen molar-refractivity contribution in [3.63, 3.8) is 0 Å². The summed E-state index contributed by atoms with van der Waals surface area (Å²) in [7, 11) is 0. The molecule has 0 saturated carbocycles. The van der Waals surface area contributed by atoms with E-state index in [-0.39, 0.29) is 12.8 Å². The molecular formula is C10H17F3O2. The van der Waals surface area contributed by atoms with Crippen LogP contribution in [0.15, 0.2) is 0 Å². The lowest BCUT2D eigenvalue weighted by Crippen LogP contribution is -2.15. The summed E-state index contributed by atoms with van der Waals surface area (Å²) >= 11 is 0. The molecule has 15 heavy (non-hydrogen) atoms. The molecule has 2 atom stereocenters. The van der Waals surface area contributed by atoms with Crippen LogP contribution >= 0.6 is 0 Å². The maximum absolute atomic E-state index is 11.8. The SMILES string of the molecule is OC(CCCC(F)(F)F)CC1CCOC1. The molecule has 1 aliphatic rings. The van der Waals surface area contributed by atoms with E-state index < -0.39 is 18.7 Å². The van der Waals surface area contributed by atoms with Crippen molar-refractivity contribution in [1.82, 2.24) is 0 Å². The Hall–Kier alpha value is -0.290. The average Bonchev–Trinajstić information content (AvgIpc) is 2.54. The first-order valence-corrected chi connectivity index (χ1v) is 5.30. The predicted molar refractivity (Wildman–Crippen MR) is 49.5 cm³/mol. The largest absolute Gasteiger partial charge is 0.393 e. The predicted octanol–water partition coefficient (Wildman–Crippen LogP) is 2.51. The van der Waals surface area contributed by atoms with E-state index in [0.29, 0.717) is 25.6 Å². The van der Waals surface area contributed by atoms with Gasteiger partial charge in [-0.05, 0) is 31.6 Å². The summed E-state index contributed by atoms with van der Waals surface area (Å²) in [5.74, 6) is 0.325. The van der Waals surface area contributed by atoms with Crippen molar-refractivity contribution in [3.05, 3.63) is 0 Å². The lowest BCUT2D eigenvalue weighted by Gasteiger charge is -2.14. The number of halogens is 3. The van der Waals surface area contributed by atoms with Crippen molar-refractivity contribution >= 4 is 0 Å². The minimum Gasteiger partial charge on any atom is -0.393 e. The van der Waals surface area contributed by atoms with E-state index in [1.165, 1.54) is 0 Å². The molecule has 90 valence electrons. The van der Waals surface area contributed by atoms with Gasteiger partial charge >= 0.3 is 6.18 Å². The standard InChI is InChI=1S/C10H17F3O2/c11-10(12,13)4-1-2-9(14)6-8-3-5-15-7-8/h8-9,14H,1-7H2. The molecule has 0 amide bonds. The van der Waals surface area contributed by atoms with E-state index in [1.54, 1.807) is 0 Å². The van der Waals surface area contributed by atoms with Crippen LogP contribution in [0.1, 0.15) is 32.1 Å². The number of aliphatic hydroxyl groups is 1. The van der Waals surface area contributed by atoms with Crippen molar-refractivity contribution in [1.29, 1.82) is 0 Å². The van der Waals surface area contributed by atoms with Gasteiger partial charge in [-0.1, -0.05) is 0 Å². The number of ether oxygens (including phenoxy) is 1. The Kier molecular flexibility index (Phi) is 4.86. The third kappa shape index (κ3) is 5.99. The van der Waals surface area contributed by atoms with Gasteiger partial charge in [-0.25, -0.2) is 0 Å². The first-order valence-electron chi connectivity index (χ1n) is 5.30. The van der Waals surface area contributed by atoms with Crippen LogP contribution in [0.3, 0.4) is 0 Å². The van der Waals surface area contributed by atoms with Gasteiger partial charge in [-0.3, -0.25) is 0 Å². The summed E-state index contributed by atoms with van der Waals surface area (Å²) in [4.78, 5) is 0. The molecule has 2 unspecified atom stereocenters. The monoisotopic (exact) mass is 226 g/mol. The van der Waals surface area contributed by atoms with Crippen molar-refractivity contribution < 1.29 is 23.0 Å². The van der Waals surface area contributed by atoms with Crippen LogP contribution in [0.2, 0.25) is 0 Å². The van der Waals surface area contributed by atoms with Gasteiger partial charge in [-0.2, -0.15) is 13.2 Å². The van der Waals surface area contributed by atoms with Crippen molar-refractivity contribution in [2.45, 2.75) is 44.4 Å². The van der Waals surface area contributed by atoms with E-state index in [1.807, 2.05) is 0 Å². The Morgan fingerprint density at radius 1 is 1.40 bits per heavy atom. The zero-order valence-corrected chi connectivity index (χ0v) is 8.59. The zero-order valence-electron chi connectivity index (χ0n) is 8.59. The maximum atomic E-state index is 11.8. The van der Waals surface area contributed by atoms with Gasteiger partial charge in [0.2, 0.25) is 0 Å². The summed E-state index contributed by atoms with van der Waals surface area (Å²) in [5, 5.41) is 9.48. The van der Waals surface area contributed by atoms with Gasteiger partial charge < -0.3 is 9.84 Å². The first-order chi connectivity index (χ1) is 6.97. The molecule has 5 heteroatoms. The Balaban J connectivity index is 2.05. The second-order valence-electron chi connectivity index (χ2n) is 4.13. The Labute approximate surface area is 87.4 Å². The maximum Gasteiger partial charge on any atom is 0.389 e. The van der Waals surface area contributed by atoms with Crippen LogP contribution < -0.4 is 0 Å². The molecule has 2 nitrogen and oxygen atoms in total. The summed E-state index contributed by atoms with van der Waals surface area (Å²) in [6, 6.07) is 0. The van der Waals surface area contributed by atoms with Gasteiger partial charge in [0.1, 0.15) is 0 Å². The summed E-state index contributed by atoms with van der Waals surface area (Å²) < 4.78 is 40.6. The molecular weight excluding hydrogens is 209 g/mol. The smallest absolute Gasteiger partial charge is 0.389 e. The summed E-state index contributed by atoms with van der Waals surface area (Å²) in [6.45, 7) is 1.34. The Morgan fingerprint density at radius 3 is 2.67 bits per heavy atom. The highest BCUT2D eigenvalue weighted by atomic mass is 19.4. The normalized spacial score (nSPS) is 24.4. The van der Waals surface area contributed by atoms with Gasteiger partial charge in [0.25, 0.3) is 0 Å². The molecule has 1 rings (SSSR count). The highest BCUT2D eigenvalue weighted by Crippen LogP contribution is 2.25. The third-order valence-corrected chi connectivity index (χ3v) is 2.63. The second kappa shape index (κ2) is 5.70. The Morgan fingerprint density at radius 2 is 2.13 bits per heavy atom. The minimum absolute atomic E-state index is 0.0121. The summed E-state index contributed by atoms with van der Waals surface area (Å²) in [5.41, 5.74) is 0. The second-order valence-corrected chi connectivity index (χ2v) is 4.13. The topological polar surface area (TPSA) is 29.5 Å². The first kappa shape index (κ1) is 12.8. The fourth-order valence-corrected chi connectivity index (χ4v) is 1.81. The molecule has 1 aliphatic heterocycles.